The van der Waals surface area contributed by atoms with Gasteiger partial charge in [-0.15, -0.1) is 0 Å². The van der Waals surface area contributed by atoms with Gasteiger partial charge in [-0.1, -0.05) is 18.2 Å². The molecular weight excluding hydrogens is 266 g/mol. The van der Waals surface area contributed by atoms with Gasteiger partial charge in [-0.2, -0.15) is 5.10 Å². The Balaban J connectivity index is 1.57. The zero-order chi connectivity index (χ0) is 14.2. The molecule has 1 N–H and O–H groups in total. The van der Waals surface area contributed by atoms with E-state index in [1.165, 1.54) is 5.56 Å². The molecule has 2 aliphatic heterocycles. The fourth-order valence-electron chi connectivity index (χ4n) is 3.03. The van der Waals surface area contributed by atoms with Crippen LogP contribution >= 0.6 is 0 Å². The summed E-state index contributed by atoms with van der Waals surface area (Å²) in [4.78, 5) is 12.2. The van der Waals surface area contributed by atoms with Crippen LogP contribution in [0.2, 0.25) is 0 Å². The predicted molar refractivity (Wildman–Crippen MR) is 79.9 cm³/mol. The number of aryl methyl sites for hydroxylation is 1. The SMILES string of the molecule is O=c1cc2c(nn1CC1Cc3ccccc3O1)CCCN2. The Morgan fingerprint density at radius 1 is 1.38 bits per heavy atom. The van der Waals surface area contributed by atoms with E-state index in [1.807, 2.05) is 18.2 Å². The summed E-state index contributed by atoms with van der Waals surface area (Å²) >= 11 is 0. The van der Waals surface area contributed by atoms with Crippen LogP contribution in [-0.4, -0.2) is 22.4 Å². The van der Waals surface area contributed by atoms with Crippen molar-refractivity contribution < 1.29 is 4.74 Å². The number of hydrogen-bond acceptors (Lipinski definition) is 4. The third-order valence-corrected chi connectivity index (χ3v) is 4.07. The third-order valence-electron chi connectivity index (χ3n) is 4.07. The number of ether oxygens (including phenoxy) is 1. The molecule has 0 radical (unpaired) electrons. The van der Waals surface area contributed by atoms with Crippen LogP contribution in [-0.2, 0) is 19.4 Å². The second-order valence-corrected chi connectivity index (χ2v) is 5.61. The van der Waals surface area contributed by atoms with E-state index in [-0.39, 0.29) is 11.7 Å². The van der Waals surface area contributed by atoms with Crippen molar-refractivity contribution in [2.24, 2.45) is 0 Å². The second kappa shape index (κ2) is 4.91. The molecule has 1 atom stereocenters. The Hall–Kier alpha value is -2.30. The second-order valence-electron chi connectivity index (χ2n) is 5.61. The van der Waals surface area contributed by atoms with Gasteiger partial charge in [-0.05, 0) is 24.5 Å². The maximum absolute atomic E-state index is 12.2. The van der Waals surface area contributed by atoms with Crippen LogP contribution in [0.25, 0.3) is 0 Å². The maximum Gasteiger partial charge on any atom is 0.268 e. The first-order valence-corrected chi connectivity index (χ1v) is 7.39. The molecule has 0 bridgehead atoms. The summed E-state index contributed by atoms with van der Waals surface area (Å²) in [6.45, 7) is 1.42. The van der Waals surface area contributed by atoms with Gasteiger partial charge < -0.3 is 10.1 Å². The highest BCUT2D eigenvalue weighted by Crippen LogP contribution is 2.28. The summed E-state index contributed by atoms with van der Waals surface area (Å²) in [5.74, 6) is 0.926. The maximum atomic E-state index is 12.2. The zero-order valence-corrected chi connectivity index (χ0v) is 11.7. The molecule has 1 aromatic heterocycles. The predicted octanol–water partition coefficient (Wildman–Crippen LogP) is 1.61. The highest BCUT2D eigenvalue weighted by molar-refractivity contribution is 5.48. The summed E-state index contributed by atoms with van der Waals surface area (Å²) in [5.41, 5.74) is 3.01. The minimum atomic E-state index is -0.0669. The number of rotatable bonds is 2. The molecule has 4 rings (SSSR count). The fraction of sp³-hybridized carbons (Fsp3) is 0.375. The molecule has 2 aromatic rings. The Labute approximate surface area is 122 Å². The summed E-state index contributed by atoms with van der Waals surface area (Å²) in [6.07, 6.45) is 2.81. The van der Waals surface area contributed by atoms with E-state index in [0.29, 0.717) is 6.54 Å². The van der Waals surface area contributed by atoms with Gasteiger partial charge in [0.05, 0.1) is 17.9 Å². The fourth-order valence-corrected chi connectivity index (χ4v) is 3.03. The molecular formula is C16H17N3O2. The molecule has 2 aliphatic rings. The van der Waals surface area contributed by atoms with Crippen molar-refractivity contribution in [3.63, 3.8) is 0 Å². The van der Waals surface area contributed by atoms with Crippen LogP contribution in [0.3, 0.4) is 0 Å². The third kappa shape index (κ3) is 2.28. The standard InChI is InChI=1S/C16H17N3O2/c20-16-9-14-13(5-3-7-17-14)18-19(16)10-12-8-11-4-1-2-6-15(11)21-12/h1-2,4,6,9,12,17H,3,5,7-8,10H2. The quantitative estimate of drug-likeness (QED) is 0.909. The van der Waals surface area contributed by atoms with Crippen molar-refractivity contribution in [3.05, 3.63) is 51.9 Å². The van der Waals surface area contributed by atoms with Gasteiger partial charge in [0, 0.05) is 19.0 Å². The van der Waals surface area contributed by atoms with E-state index in [0.717, 1.165) is 42.9 Å². The Kier molecular flexibility index (Phi) is 2.91. The van der Waals surface area contributed by atoms with Gasteiger partial charge in [-0.25, -0.2) is 4.68 Å². The van der Waals surface area contributed by atoms with Crippen LogP contribution < -0.4 is 15.6 Å². The van der Waals surface area contributed by atoms with Gasteiger partial charge in [0.1, 0.15) is 11.9 Å². The highest BCUT2D eigenvalue weighted by Gasteiger charge is 2.24. The first kappa shape index (κ1) is 12.4. The average Bonchev–Trinajstić information content (AvgIpc) is 2.90. The van der Waals surface area contributed by atoms with E-state index < -0.39 is 0 Å². The molecule has 21 heavy (non-hydrogen) atoms. The van der Waals surface area contributed by atoms with Gasteiger partial charge in [0.25, 0.3) is 5.56 Å². The minimum Gasteiger partial charge on any atom is -0.488 e. The van der Waals surface area contributed by atoms with Crippen LogP contribution in [0.4, 0.5) is 5.69 Å². The van der Waals surface area contributed by atoms with Crippen molar-refractivity contribution in [1.82, 2.24) is 9.78 Å². The number of nitrogens with zero attached hydrogens (tertiary/aromatic N) is 2. The number of para-hydroxylation sites is 1. The van der Waals surface area contributed by atoms with Crippen LogP contribution in [0.1, 0.15) is 17.7 Å². The van der Waals surface area contributed by atoms with Crippen molar-refractivity contribution in [2.75, 3.05) is 11.9 Å². The average molecular weight is 283 g/mol. The number of aromatic nitrogens is 2. The van der Waals surface area contributed by atoms with E-state index in [1.54, 1.807) is 10.7 Å². The number of hydrogen-bond donors (Lipinski definition) is 1. The lowest BCUT2D eigenvalue weighted by Crippen LogP contribution is -2.32. The highest BCUT2D eigenvalue weighted by atomic mass is 16.5. The monoisotopic (exact) mass is 283 g/mol. The first-order chi connectivity index (χ1) is 10.3. The smallest absolute Gasteiger partial charge is 0.268 e. The molecule has 1 aromatic carbocycles. The summed E-state index contributed by atoms with van der Waals surface area (Å²) < 4.78 is 7.44. The molecule has 1 unspecified atom stereocenters. The summed E-state index contributed by atoms with van der Waals surface area (Å²) in [7, 11) is 0. The minimum absolute atomic E-state index is 0.0119. The van der Waals surface area contributed by atoms with E-state index >= 15 is 0 Å². The topological polar surface area (TPSA) is 56.2 Å². The zero-order valence-electron chi connectivity index (χ0n) is 11.7. The van der Waals surface area contributed by atoms with Crippen LogP contribution in [0.5, 0.6) is 5.75 Å². The molecule has 5 heteroatoms. The molecule has 0 aliphatic carbocycles. The molecule has 108 valence electrons. The number of benzene rings is 1. The Morgan fingerprint density at radius 3 is 3.19 bits per heavy atom. The normalized spacial score (nSPS) is 19.3. The summed E-state index contributed by atoms with van der Waals surface area (Å²) in [6, 6.07) is 9.68. The lowest BCUT2D eigenvalue weighted by molar-refractivity contribution is 0.200. The van der Waals surface area contributed by atoms with E-state index in [2.05, 4.69) is 16.5 Å². The Morgan fingerprint density at radius 2 is 2.29 bits per heavy atom. The van der Waals surface area contributed by atoms with E-state index in [9.17, 15) is 4.79 Å². The van der Waals surface area contributed by atoms with Gasteiger partial charge in [0.2, 0.25) is 0 Å². The largest absolute Gasteiger partial charge is 0.488 e. The molecule has 0 spiro atoms. The molecule has 0 saturated carbocycles. The molecule has 3 heterocycles. The summed E-state index contributed by atoms with van der Waals surface area (Å²) in [5, 5.41) is 7.73. The molecule has 5 nitrogen and oxygen atoms in total. The molecule has 0 fully saturated rings. The van der Waals surface area contributed by atoms with E-state index in [4.69, 9.17) is 4.74 Å². The van der Waals surface area contributed by atoms with Gasteiger partial charge in [-0.3, -0.25) is 4.79 Å². The lowest BCUT2D eigenvalue weighted by atomic mass is 10.1. The Bertz CT molecular complexity index is 714. The number of anilines is 1. The van der Waals surface area contributed by atoms with Crippen LogP contribution in [0, 0.1) is 0 Å². The van der Waals surface area contributed by atoms with Gasteiger partial charge in [0.15, 0.2) is 0 Å². The van der Waals surface area contributed by atoms with Crippen molar-refractivity contribution in [3.8, 4) is 5.75 Å². The number of nitrogens with one attached hydrogen (secondary N) is 1. The van der Waals surface area contributed by atoms with Crippen molar-refractivity contribution in [1.29, 1.82) is 0 Å². The molecule has 0 amide bonds. The molecule has 0 saturated heterocycles. The van der Waals surface area contributed by atoms with Gasteiger partial charge >= 0.3 is 0 Å². The van der Waals surface area contributed by atoms with Crippen molar-refractivity contribution >= 4 is 5.69 Å². The lowest BCUT2D eigenvalue weighted by Gasteiger charge is -2.19. The van der Waals surface area contributed by atoms with Crippen LogP contribution in [0.15, 0.2) is 35.1 Å². The first-order valence-electron chi connectivity index (χ1n) is 7.39. The van der Waals surface area contributed by atoms with Crippen molar-refractivity contribution in [2.45, 2.75) is 31.9 Å². The number of fused-ring (bicyclic) bond motifs is 2.